The van der Waals surface area contributed by atoms with Crippen LogP contribution in [-0.4, -0.2) is 68.0 Å². The summed E-state index contributed by atoms with van der Waals surface area (Å²) in [4.78, 5) is 0. The highest BCUT2D eigenvalue weighted by Gasteiger charge is 2.28. The number of aliphatic hydroxyl groups excluding tert-OH is 2. The average molecular weight is 368 g/mol. The van der Waals surface area contributed by atoms with Crippen LogP contribution in [0.1, 0.15) is 6.92 Å². The van der Waals surface area contributed by atoms with Gasteiger partial charge in [0.2, 0.25) is 18.9 Å². The Balaban J connectivity index is 0. The van der Waals surface area contributed by atoms with Crippen molar-refractivity contribution in [1.82, 2.24) is 0 Å². The zero-order valence-corrected chi connectivity index (χ0v) is 11.6. The van der Waals surface area contributed by atoms with Crippen molar-refractivity contribution in [3.05, 3.63) is 0 Å². The van der Waals surface area contributed by atoms with Crippen molar-refractivity contribution in [2.75, 3.05) is 13.2 Å². The van der Waals surface area contributed by atoms with Crippen molar-refractivity contribution < 1.29 is 59.5 Å². The first-order chi connectivity index (χ1) is 10.5. The Bertz CT molecular complexity index is 272. The number of aliphatic hydroxyl groups is 2. The zero-order valence-electron chi connectivity index (χ0n) is 11.6. The molecular formula is C10H16F8O5. The van der Waals surface area contributed by atoms with E-state index in [1.54, 1.807) is 0 Å². The van der Waals surface area contributed by atoms with Crippen LogP contribution in [0.15, 0.2) is 0 Å². The molecule has 0 saturated carbocycles. The van der Waals surface area contributed by atoms with E-state index in [9.17, 15) is 35.1 Å². The van der Waals surface area contributed by atoms with E-state index in [1.165, 1.54) is 6.92 Å². The summed E-state index contributed by atoms with van der Waals surface area (Å²) in [5, 5.41) is 16.5. The second-order valence-corrected chi connectivity index (χ2v) is 3.47. The third-order valence-corrected chi connectivity index (χ3v) is 1.63. The molecule has 3 atom stereocenters. The fourth-order valence-corrected chi connectivity index (χ4v) is 0.777. The number of ether oxygens (including phenoxy) is 3. The molecule has 142 valence electrons. The van der Waals surface area contributed by atoms with Crippen molar-refractivity contribution in [1.29, 1.82) is 0 Å². The Morgan fingerprint density at radius 1 is 0.739 bits per heavy atom. The molecule has 0 aliphatic heterocycles. The van der Waals surface area contributed by atoms with Gasteiger partial charge in [0.25, 0.3) is 25.7 Å². The number of hydrogen-bond donors (Lipinski definition) is 2. The van der Waals surface area contributed by atoms with E-state index in [2.05, 4.69) is 14.2 Å². The van der Waals surface area contributed by atoms with Crippen LogP contribution in [0.3, 0.4) is 0 Å². The molecule has 3 unspecified atom stereocenters. The van der Waals surface area contributed by atoms with Gasteiger partial charge in [0.05, 0.1) is 0 Å². The smallest absolute Gasteiger partial charge is 0.288 e. The minimum Gasteiger partial charge on any atom is -0.363 e. The lowest BCUT2D eigenvalue weighted by Crippen LogP contribution is -2.34. The Morgan fingerprint density at radius 2 is 1.22 bits per heavy atom. The summed E-state index contributed by atoms with van der Waals surface area (Å²) in [6.45, 7) is 0.101. The van der Waals surface area contributed by atoms with Gasteiger partial charge in [-0.3, -0.25) is 0 Å². The quantitative estimate of drug-likeness (QED) is 0.457. The predicted octanol–water partition coefficient (Wildman–Crippen LogP) is 2.07. The van der Waals surface area contributed by atoms with E-state index in [0.717, 1.165) is 0 Å². The normalized spacial score (nSPS) is 15.8. The van der Waals surface area contributed by atoms with E-state index >= 15 is 0 Å². The lowest BCUT2D eigenvalue weighted by molar-refractivity contribution is -0.292. The maximum Gasteiger partial charge on any atom is 0.288 e. The van der Waals surface area contributed by atoms with E-state index < -0.39 is 51.2 Å². The average Bonchev–Trinajstić information content (AvgIpc) is 2.44. The van der Waals surface area contributed by atoms with Gasteiger partial charge in [-0.05, 0) is 6.92 Å². The van der Waals surface area contributed by atoms with Crippen molar-refractivity contribution >= 4 is 0 Å². The molecule has 0 saturated heterocycles. The Labute approximate surface area is 125 Å². The summed E-state index contributed by atoms with van der Waals surface area (Å²) in [5.41, 5.74) is 0. The molecule has 5 nitrogen and oxygen atoms in total. The molecule has 2 N–H and O–H groups in total. The standard InChI is InChI=1S/C6H10F4O3.C4H6F4O2/c1-2-12-6(4(9)10)13-5(11)3(7)8;5-2(6)1-10-4(9)3(7)8/h3-6,11H,2H2,1H3;2-4,9H,1H2. The van der Waals surface area contributed by atoms with Crippen molar-refractivity contribution in [2.24, 2.45) is 0 Å². The van der Waals surface area contributed by atoms with Gasteiger partial charge in [-0.2, -0.15) is 0 Å². The van der Waals surface area contributed by atoms with Gasteiger partial charge in [0.15, 0.2) is 0 Å². The molecule has 0 fully saturated rings. The van der Waals surface area contributed by atoms with Gasteiger partial charge in [-0.25, -0.2) is 35.1 Å². The van der Waals surface area contributed by atoms with Crippen LogP contribution in [0.5, 0.6) is 0 Å². The van der Waals surface area contributed by atoms with E-state index in [1.807, 2.05) is 0 Å². The van der Waals surface area contributed by atoms with Crippen molar-refractivity contribution in [3.8, 4) is 0 Å². The fraction of sp³-hybridized carbons (Fsp3) is 1.00. The van der Waals surface area contributed by atoms with Crippen LogP contribution in [0.2, 0.25) is 0 Å². The monoisotopic (exact) mass is 368 g/mol. The Hall–Kier alpha value is -0.760. The Kier molecular flexibility index (Phi) is 14.5. The first-order valence-electron chi connectivity index (χ1n) is 5.90. The van der Waals surface area contributed by atoms with E-state index in [-0.39, 0.29) is 6.61 Å². The molecule has 0 spiro atoms. The van der Waals surface area contributed by atoms with Gasteiger partial charge in [0.1, 0.15) is 6.61 Å². The van der Waals surface area contributed by atoms with Crippen LogP contribution in [0.4, 0.5) is 35.1 Å². The molecule has 0 aromatic heterocycles. The number of rotatable bonds is 10. The van der Waals surface area contributed by atoms with Crippen LogP contribution in [0.25, 0.3) is 0 Å². The van der Waals surface area contributed by atoms with Crippen molar-refractivity contribution in [2.45, 2.75) is 51.5 Å². The van der Waals surface area contributed by atoms with Gasteiger partial charge < -0.3 is 24.4 Å². The molecule has 0 radical (unpaired) electrons. The lowest BCUT2D eigenvalue weighted by Gasteiger charge is -2.19. The summed E-state index contributed by atoms with van der Waals surface area (Å²) in [7, 11) is 0. The molecule has 23 heavy (non-hydrogen) atoms. The second-order valence-electron chi connectivity index (χ2n) is 3.47. The summed E-state index contributed by atoms with van der Waals surface area (Å²) >= 11 is 0. The van der Waals surface area contributed by atoms with Crippen LogP contribution < -0.4 is 0 Å². The van der Waals surface area contributed by atoms with Crippen LogP contribution >= 0.6 is 0 Å². The molecular weight excluding hydrogens is 352 g/mol. The maximum atomic E-state index is 11.9. The first kappa shape index (κ1) is 24.5. The highest BCUT2D eigenvalue weighted by molar-refractivity contribution is 4.51. The van der Waals surface area contributed by atoms with Gasteiger partial charge in [-0.1, -0.05) is 0 Å². The largest absolute Gasteiger partial charge is 0.363 e. The fourth-order valence-electron chi connectivity index (χ4n) is 0.777. The second kappa shape index (κ2) is 13.7. The Morgan fingerprint density at radius 3 is 1.52 bits per heavy atom. The molecule has 0 aromatic rings. The summed E-state index contributed by atoms with van der Waals surface area (Å²) in [5.74, 6) is 0. The third-order valence-electron chi connectivity index (χ3n) is 1.63. The van der Waals surface area contributed by atoms with Crippen molar-refractivity contribution in [3.63, 3.8) is 0 Å². The van der Waals surface area contributed by atoms with Gasteiger partial charge in [-0.15, -0.1) is 0 Å². The van der Waals surface area contributed by atoms with E-state index in [4.69, 9.17) is 10.2 Å². The highest BCUT2D eigenvalue weighted by atomic mass is 19.3. The third kappa shape index (κ3) is 14.6. The maximum absolute atomic E-state index is 11.9. The SMILES string of the molecule is CCOC(OC(O)C(F)F)C(F)F.OC(OCC(F)F)C(F)F. The predicted molar refractivity (Wildman–Crippen MR) is 58.5 cm³/mol. The first-order valence-corrected chi connectivity index (χ1v) is 5.90. The molecule has 0 bridgehead atoms. The van der Waals surface area contributed by atoms with E-state index in [0.29, 0.717) is 0 Å². The van der Waals surface area contributed by atoms with Crippen LogP contribution in [-0.2, 0) is 14.2 Å². The molecule has 0 heterocycles. The summed E-state index contributed by atoms with van der Waals surface area (Å²) in [6.07, 6.45) is -19.4. The minimum absolute atomic E-state index is 0.120. The molecule has 0 aliphatic rings. The molecule has 0 amide bonds. The molecule has 0 rings (SSSR count). The topological polar surface area (TPSA) is 68.2 Å². The summed E-state index contributed by atoms with van der Waals surface area (Å²) in [6, 6.07) is 0. The highest BCUT2D eigenvalue weighted by Crippen LogP contribution is 2.12. The summed E-state index contributed by atoms with van der Waals surface area (Å²) < 4.78 is 104. The van der Waals surface area contributed by atoms with Gasteiger partial charge in [0, 0.05) is 6.61 Å². The zero-order chi connectivity index (χ0) is 18.6. The van der Waals surface area contributed by atoms with Crippen LogP contribution in [0, 0.1) is 0 Å². The number of alkyl halides is 8. The number of halogens is 8. The van der Waals surface area contributed by atoms with Gasteiger partial charge >= 0.3 is 0 Å². The minimum atomic E-state index is -3.23. The molecule has 0 aliphatic carbocycles. The molecule has 0 aromatic carbocycles. The lowest BCUT2D eigenvalue weighted by atomic mass is 10.6. The number of hydrogen-bond acceptors (Lipinski definition) is 5. The molecule has 13 heteroatoms.